The third-order valence-corrected chi connectivity index (χ3v) is 5.57. The summed E-state index contributed by atoms with van der Waals surface area (Å²) >= 11 is 1.30. The lowest BCUT2D eigenvalue weighted by Gasteiger charge is -2.15. The Labute approximate surface area is 167 Å². The average Bonchev–Trinajstić information content (AvgIpc) is 2.73. The summed E-state index contributed by atoms with van der Waals surface area (Å²) in [6.45, 7) is 2.01. The molecular weight excluding hydrogens is 370 g/mol. The van der Waals surface area contributed by atoms with Crippen molar-refractivity contribution in [1.29, 1.82) is 0 Å². The topological polar surface area (TPSA) is 56.3 Å². The summed E-state index contributed by atoms with van der Waals surface area (Å²) in [5, 5.41) is 0. The van der Waals surface area contributed by atoms with E-state index in [9.17, 15) is 9.59 Å². The molecule has 0 aliphatic heterocycles. The Morgan fingerprint density at radius 2 is 1.64 bits per heavy atom. The highest BCUT2D eigenvalue weighted by Gasteiger charge is 2.27. The van der Waals surface area contributed by atoms with E-state index in [0.717, 1.165) is 21.8 Å². The number of ketones is 2. The number of Topliss-reactive ketones (excluding diaryl/α,β-unsaturated/α-hetero) is 1. The predicted octanol–water partition coefficient (Wildman–Crippen LogP) is 5.12. The van der Waals surface area contributed by atoms with E-state index in [1.165, 1.54) is 24.0 Å². The Morgan fingerprint density at radius 1 is 0.929 bits per heavy atom. The summed E-state index contributed by atoms with van der Waals surface area (Å²) in [5.41, 5.74) is 3.38. The Bertz CT molecular complexity index is 1100. The summed E-state index contributed by atoms with van der Waals surface area (Å²) in [5.74, 6) is 0.393. The van der Waals surface area contributed by atoms with Crippen molar-refractivity contribution < 1.29 is 14.3 Å². The maximum absolute atomic E-state index is 12.9. The minimum Gasteiger partial charge on any atom is -0.497 e. The molecule has 0 saturated heterocycles. The number of ether oxygens (including phenoxy) is 1. The SMILES string of the molecule is COc1ccc(-c2cc3c(cn2)C(=O)C(Sc2ccc(C)cc2)=CC3=O)cc1. The average molecular weight is 387 g/mol. The van der Waals surface area contributed by atoms with Crippen LogP contribution >= 0.6 is 11.8 Å². The molecule has 0 fully saturated rings. The first kappa shape index (κ1) is 18.2. The van der Waals surface area contributed by atoms with E-state index in [0.29, 0.717) is 21.7 Å². The molecule has 5 heteroatoms. The molecule has 0 radical (unpaired) electrons. The van der Waals surface area contributed by atoms with Gasteiger partial charge in [-0.2, -0.15) is 0 Å². The lowest BCUT2D eigenvalue weighted by molar-refractivity contribution is 0.0991. The van der Waals surface area contributed by atoms with Gasteiger partial charge in [-0.05, 0) is 49.4 Å². The van der Waals surface area contributed by atoms with Crippen LogP contribution in [0.2, 0.25) is 0 Å². The van der Waals surface area contributed by atoms with Crippen molar-refractivity contribution >= 4 is 23.3 Å². The molecule has 1 aliphatic rings. The number of methoxy groups -OCH3 is 1. The number of carbonyl (C=O) groups is 2. The zero-order chi connectivity index (χ0) is 19.7. The van der Waals surface area contributed by atoms with Crippen molar-refractivity contribution in [1.82, 2.24) is 4.98 Å². The molecule has 4 rings (SSSR count). The first-order valence-electron chi connectivity index (χ1n) is 8.75. The highest BCUT2D eigenvalue weighted by Crippen LogP contribution is 2.34. The molecule has 0 atom stereocenters. The molecule has 0 bridgehead atoms. The van der Waals surface area contributed by atoms with E-state index in [1.807, 2.05) is 55.5 Å². The van der Waals surface area contributed by atoms with E-state index in [-0.39, 0.29) is 11.6 Å². The van der Waals surface area contributed by atoms with Gasteiger partial charge in [-0.15, -0.1) is 0 Å². The van der Waals surface area contributed by atoms with Crippen LogP contribution in [-0.2, 0) is 0 Å². The third kappa shape index (κ3) is 3.49. The molecule has 0 saturated carbocycles. The van der Waals surface area contributed by atoms with Crippen molar-refractivity contribution in [3.63, 3.8) is 0 Å². The van der Waals surface area contributed by atoms with E-state index in [1.54, 1.807) is 13.2 Å². The van der Waals surface area contributed by atoms with Gasteiger partial charge in [0.1, 0.15) is 5.75 Å². The normalized spacial score (nSPS) is 13.1. The number of hydrogen-bond acceptors (Lipinski definition) is 5. The van der Waals surface area contributed by atoms with Crippen LogP contribution in [-0.4, -0.2) is 23.7 Å². The van der Waals surface area contributed by atoms with E-state index in [4.69, 9.17) is 4.74 Å². The molecule has 1 aromatic heterocycles. The van der Waals surface area contributed by atoms with Gasteiger partial charge < -0.3 is 4.74 Å². The van der Waals surface area contributed by atoms with Gasteiger partial charge in [0.2, 0.25) is 5.78 Å². The number of thioether (sulfide) groups is 1. The second kappa shape index (κ2) is 7.44. The monoisotopic (exact) mass is 387 g/mol. The standard InChI is InChI=1S/C23H17NO3S/c1-14-3-9-17(10-4-14)28-22-12-21(25)18-11-20(24-13-19(18)23(22)26)15-5-7-16(27-2)8-6-15/h3-13H,1-2H3. The summed E-state index contributed by atoms with van der Waals surface area (Å²) in [4.78, 5) is 31.3. The zero-order valence-corrected chi connectivity index (χ0v) is 16.2. The fraction of sp³-hybridized carbons (Fsp3) is 0.0870. The highest BCUT2D eigenvalue weighted by atomic mass is 32.2. The number of nitrogens with zero attached hydrogens (tertiary/aromatic N) is 1. The third-order valence-electron chi connectivity index (χ3n) is 4.53. The fourth-order valence-electron chi connectivity index (χ4n) is 2.96. The number of rotatable bonds is 4. The van der Waals surface area contributed by atoms with Crippen LogP contribution in [0.3, 0.4) is 0 Å². The Balaban J connectivity index is 1.64. The van der Waals surface area contributed by atoms with Crippen molar-refractivity contribution in [3.8, 4) is 17.0 Å². The van der Waals surface area contributed by atoms with Gasteiger partial charge in [-0.3, -0.25) is 14.6 Å². The maximum atomic E-state index is 12.9. The number of pyridine rings is 1. The quantitative estimate of drug-likeness (QED) is 0.622. The molecule has 28 heavy (non-hydrogen) atoms. The number of allylic oxidation sites excluding steroid dienone is 2. The van der Waals surface area contributed by atoms with Crippen molar-refractivity contribution in [3.05, 3.63) is 88.5 Å². The van der Waals surface area contributed by atoms with Crippen molar-refractivity contribution in [2.75, 3.05) is 7.11 Å². The van der Waals surface area contributed by atoms with Crippen molar-refractivity contribution in [2.24, 2.45) is 0 Å². The zero-order valence-electron chi connectivity index (χ0n) is 15.4. The fourth-order valence-corrected chi connectivity index (χ4v) is 3.86. The Kier molecular flexibility index (Phi) is 4.84. The molecule has 138 valence electrons. The van der Waals surface area contributed by atoms with Gasteiger partial charge in [0.25, 0.3) is 0 Å². The highest BCUT2D eigenvalue weighted by molar-refractivity contribution is 8.04. The number of benzene rings is 2. The summed E-state index contributed by atoms with van der Waals surface area (Å²) in [6, 6.07) is 16.9. The molecule has 1 aliphatic carbocycles. The van der Waals surface area contributed by atoms with Crippen LogP contribution < -0.4 is 4.74 Å². The molecule has 4 nitrogen and oxygen atoms in total. The van der Waals surface area contributed by atoms with Gasteiger partial charge in [0, 0.05) is 28.3 Å². The Hall–Kier alpha value is -3.18. The Morgan fingerprint density at radius 3 is 2.32 bits per heavy atom. The second-order valence-corrected chi connectivity index (χ2v) is 7.58. The summed E-state index contributed by atoms with van der Waals surface area (Å²) in [6.07, 6.45) is 2.92. The lowest BCUT2D eigenvalue weighted by atomic mass is 9.95. The number of hydrogen-bond donors (Lipinski definition) is 0. The van der Waals surface area contributed by atoms with Crippen LogP contribution in [0.5, 0.6) is 5.75 Å². The number of fused-ring (bicyclic) bond motifs is 1. The molecule has 2 aromatic carbocycles. The minimum atomic E-state index is -0.179. The molecular formula is C23H17NO3S. The molecule has 0 N–H and O–H groups in total. The number of aromatic nitrogens is 1. The lowest BCUT2D eigenvalue weighted by Crippen LogP contribution is -2.16. The molecule has 0 unspecified atom stereocenters. The van der Waals surface area contributed by atoms with Gasteiger partial charge >= 0.3 is 0 Å². The summed E-state index contributed by atoms with van der Waals surface area (Å²) in [7, 11) is 1.61. The summed E-state index contributed by atoms with van der Waals surface area (Å²) < 4.78 is 5.16. The number of aryl methyl sites for hydroxylation is 1. The second-order valence-electron chi connectivity index (χ2n) is 6.46. The molecule has 3 aromatic rings. The largest absolute Gasteiger partial charge is 0.497 e. The maximum Gasteiger partial charge on any atom is 0.202 e. The van der Waals surface area contributed by atoms with E-state index < -0.39 is 0 Å². The van der Waals surface area contributed by atoms with Crippen LogP contribution in [0.25, 0.3) is 11.3 Å². The van der Waals surface area contributed by atoms with Crippen molar-refractivity contribution in [2.45, 2.75) is 11.8 Å². The smallest absolute Gasteiger partial charge is 0.202 e. The molecule has 1 heterocycles. The van der Waals surface area contributed by atoms with Crippen LogP contribution in [0.1, 0.15) is 26.3 Å². The van der Waals surface area contributed by atoms with Crippen LogP contribution in [0.15, 0.2) is 76.7 Å². The van der Waals surface area contributed by atoms with E-state index in [2.05, 4.69) is 4.98 Å². The number of carbonyl (C=O) groups excluding carboxylic acids is 2. The van der Waals surface area contributed by atoms with Crippen LogP contribution in [0.4, 0.5) is 0 Å². The van der Waals surface area contributed by atoms with Gasteiger partial charge in [-0.25, -0.2) is 0 Å². The first-order chi connectivity index (χ1) is 13.5. The molecule has 0 amide bonds. The predicted molar refractivity (Wildman–Crippen MR) is 110 cm³/mol. The van der Waals surface area contributed by atoms with Gasteiger partial charge in [-0.1, -0.05) is 29.5 Å². The van der Waals surface area contributed by atoms with Crippen LogP contribution in [0, 0.1) is 6.92 Å². The van der Waals surface area contributed by atoms with Gasteiger partial charge in [0.15, 0.2) is 5.78 Å². The van der Waals surface area contributed by atoms with Gasteiger partial charge in [0.05, 0.1) is 23.3 Å². The minimum absolute atomic E-state index is 0.172. The first-order valence-corrected chi connectivity index (χ1v) is 9.56. The van der Waals surface area contributed by atoms with E-state index >= 15 is 0 Å². The molecule has 0 spiro atoms.